The molecule has 0 aromatic heterocycles. The molecule has 0 spiro atoms. The van der Waals surface area contributed by atoms with Crippen molar-refractivity contribution in [1.82, 2.24) is 15.1 Å². The molecule has 2 atom stereocenters. The van der Waals surface area contributed by atoms with E-state index in [0.717, 1.165) is 24.9 Å². The van der Waals surface area contributed by atoms with Crippen LogP contribution in [-0.4, -0.2) is 60.1 Å². The van der Waals surface area contributed by atoms with Crippen molar-refractivity contribution in [3.63, 3.8) is 0 Å². The highest BCUT2D eigenvalue weighted by molar-refractivity contribution is 5.96. The number of imide groups is 1. The highest BCUT2D eigenvalue weighted by Gasteiger charge is 2.33. The van der Waals surface area contributed by atoms with Crippen LogP contribution in [0.5, 0.6) is 0 Å². The number of nitrogens with zero attached hydrogens (tertiary/aromatic N) is 2. The van der Waals surface area contributed by atoms with E-state index >= 15 is 0 Å². The summed E-state index contributed by atoms with van der Waals surface area (Å²) in [4.78, 5) is 39.9. The van der Waals surface area contributed by atoms with Crippen molar-refractivity contribution in [3.05, 3.63) is 35.9 Å². The Balaban J connectivity index is 2.10. The Morgan fingerprint density at radius 3 is 2.52 bits per heavy atom. The second-order valence-electron chi connectivity index (χ2n) is 8.53. The number of urea groups is 1. The molecule has 1 aromatic carbocycles. The fourth-order valence-electron chi connectivity index (χ4n) is 3.64. The number of hydrogen-bond donors (Lipinski definition) is 2. The number of likely N-dealkylation sites (tertiary alicyclic amines) is 1. The zero-order chi connectivity index (χ0) is 21.6. The molecule has 2 unspecified atom stereocenters. The van der Waals surface area contributed by atoms with Crippen LogP contribution < -0.4 is 11.1 Å². The lowest BCUT2D eigenvalue weighted by Gasteiger charge is -2.38. The summed E-state index contributed by atoms with van der Waals surface area (Å²) in [5.41, 5.74) is 5.42. The smallest absolute Gasteiger partial charge is 0.410 e. The van der Waals surface area contributed by atoms with Crippen molar-refractivity contribution < 1.29 is 19.1 Å². The van der Waals surface area contributed by atoms with E-state index in [0.29, 0.717) is 13.1 Å². The minimum absolute atomic E-state index is 0.189. The van der Waals surface area contributed by atoms with Crippen LogP contribution in [0.15, 0.2) is 30.3 Å². The van der Waals surface area contributed by atoms with E-state index in [2.05, 4.69) is 5.32 Å². The van der Waals surface area contributed by atoms with Crippen molar-refractivity contribution in [2.75, 3.05) is 26.7 Å². The first kappa shape index (κ1) is 22.7. The highest BCUT2D eigenvalue weighted by atomic mass is 16.6. The molecule has 2 rings (SSSR count). The molecule has 8 heteroatoms. The van der Waals surface area contributed by atoms with Crippen molar-refractivity contribution in [2.24, 2.45) is 11.7 Å². The van der Waals surface area contributed by atoms with Crippen LogP contribution >= 0.6 is 0 Å². The van der Waals surface area contributed by atoms with E-state index in [1.165, 1.54) is 0 Å². The fraction of sp³-hybridized carbons (Fsp3) is 0.571. The molecule has 0 saturated carbocycles. The van der Waals surface area contributed by atoms with Crippen molar-refractivity contribution in [2.45, 2.75) is 45.3 Å². The standard InChI is InChI=1S/C21H32N4O4/c1-21(2,3)29-20(28)24(4)13-15-9-8-12-25(14-15)17(18(26)23-19(22)27)16-10-6-5-7-11-16/h5-7,10-11,15,17H,8-9,12-14H2,1-4H3,(H3,22,23,26,27). The van der Waals surface area contributed by atoms with E-state index < -0.39 is 23.6 Å². The van der Waals surface area contributed by atoms with Gasteiger partial charge in [0.15, 0.2) is 0 Å². The number of hydrogen-bond acceptors (Lipinski definition) is 5. The molecule has 0 aliphatic carbocycles. The summed E-state index contributed by atoms with van der Waals surface area (Å²) in [6.07, 6.45) is 1.48. The van der Waals surface area contributed by atoms with Crippen LogP contribution in [-0.2, 0) is 9.53 Å². The van der Waals surface area contributed by atoms with Gasteiger partial charge in [-0.2, -0.15) is 0 Å². The summed E-state index contributed by atoms with van der Waals surface area (Å²) in [7, 11) is 1.72. The van der Waals surface area contributed by atoms with E-state index in [1.807, 2.05) is 56.0 Å². The van der Waals surface area contributed by atoms with Gasteiger partial charge in [-0.1, -0.05) is 30.3 Å². The molecule has 1 aromatic rings. The fourth-order valence-corrected chi connectivity index (χ4v) is 3.64. The summed E-state index contributed by atoms with van der Waals surface area (Å²) >= 11 is 0. The van der Waals surface area contributed by atoms with Gasteiger partial charge in [0.05, 0.1) is 0 Å². The van der Waals surface area contributed by atoms with Gasteiger partial charge in [0.1, 0.15) is 11.6 Å². The van der Waals surface area contributed by atoms with Gasteiger partial charge in [0, 0.05) is 20.1 Å². The number of rotatable bonds is 5. The topological polar surface area (TPSA) is 105 Å². The maximum atomic E-state index is 12.7. The summed E-state index contributed by atoms with van der Waals surface area (Å²) in [6, 6.07) is 7.84. The Labute approximate surface area is 172 Å². The average molecular weight is 405 g/mol. The summed E-state index contributed by atoms with van der Waals surface area (Å²) in [5.74, 6) is -0.251. The molecule has 0 radical (unpaired) electrons. The van der Waals surface area contributed by atoms with E-state index in [1.54, 1.807) is 11.9 Å². The first-order valence-corrected chi connectivity index (χ1v) is 9.90. The summed E-state index contributed by atoms with van der Waals surface area (Å²) in [6.45, 7) is 7.39. The number of primary amides is 1. The highest BCUT2D eigenvalue weighted by Crippen LogP contribution is 2.28. The molecule has 1 saturated heterocycles. The number of amides is 4. The minimum Gasteiger partial charge on any atom is -0.444 e. The first-order chi connectivity index (χ1) is 13.6. The molecule has 1 aliphatic heterocycles. The van der Waals surface area contributed by atoms with Crippen LogP contribution in [0.1, 0.15) is 45.2 Å². The Morgan fingerprint density at radius 1 is 1.28 bits per heavy atom. The number of ether oxygens (including phenoxy) is 1. The van der Waals surface area contributed by atoms with E-state index in [-0.39, 0.29) is 12.0 Å². The van der Waals surface area contributed by atoms with Crippen molar-refractivity contribution >= 4 is 18.0 Å². The lowest BCUT2D eigenvalue weighted by Crippen LogP contribution is -2.49. The average Bonchev–Trinajstić information content (AvgIpc) is 2.61. The van der Waals surface area contributed by atoms with Crippen LogP contribution in [0.4, 0.5) is 9.59 Å². The number of carbonyl (C=O) groups is 3. The zero-order valence-electron chi connectivity index (χ0n) is 17.7. The Bertz CT molecular complexity index is 717. The maximum absolute atomic E-state index is 12.7. The van der Waals surface area contributed by atoms with Crippen LogP contribution in [0, 0.1) is 5.92 Å². The van der Waals surface area contributed by atoms with E-state index in [9.17, 15) is 14.4 Å². The molecule has 4 amide bonds. The van der Waals surface area contributed by atoms with Gasteiger partial charge in [-0.25, -0.2) is 9.59 Å². The molecule has 3 N–H and O–H groups in total. The predicted molar refractivity (Wildman–Crippen MR) is 110 cm³/mol. The molecule has 1 aliphatic rings. The maximum Gasteiger partial charge on any atom is 0.410 e. The molecule has 0 bridgehead atoms. The number of nitrogens with one attached hydrogen (secondary N) is 1. The van der Waals surface area contributed by atoms with Gasteiger partial charge in [-0.15, -0.1) is 0 Å². The minimum atomic E-state index is -0.867. The molecule has 1 fully saturated rings. The lowest BCUT2D eigenvalue weighted by molar-refractivity contribution is -0.126. The van der Waals surface area contributed by atoms with Gasteiger partial charge in [0.2, 0.25) is 5.91 Å². The number of piperidine rings is 1. The second-order valence-corrected chi connectivity index (χ2v) is 8.53. The van der Waals surface area contributed by atoms with E-state index in [4.69, 9.17) is 10.5 Å². The predicted octanol–water partition coefficient (Wildman–Crippen LogP) is 2.50. The lowest BCUT2D eigenvalue weighted by atomic mass is 9.94. The summed E-state index contributed by atoms with van der Waals surface area (Å²) in [5, 5.41) is 2.21. The Morgan fingerprint density at radius 2 is 1.93 bits per heavy atom. The van der Waals surface area contributed by atoms with Crippen LogP contribution in [0.3, 0.4) is 0 Å². The second kappa shape index (κ2) is 9.73. The monoisotopic (exact) mass is 404 g/mol. The molecule has 160 valence electrons. The van der Waals surface area contributed by atoms with Gasteiger partial charge in [-0.3, -0.25) is 15.0 Å². The summed E-state index contributed by atoms with van der Waals surface area (Å²) < 4.78 is 5.42. The molecular formula is C21H32N4O4. The van der Waals surface area contributed by atoms with Crippen LogP contribution in [0.25, 0.3) is 0 Å². The first-order valence-electron chi connectivity index (χ1n) is 9.90. The molecule has 29 heavy (non-hydrogen) atoms. The third-order valence-corrected chi connectivity index (χ3v) is 4.76. The Hall–Kier alpha value is -2.61. The zero-order valence-corrected chi connectivity index (χ0v) is 17.7. The third kappa shape index (κ3) is 7.05. The molecule has 8 nitrogen and oxygen atoms in total. The number of nitrogens with two attached hydrogens (primary N) is 1. The van der Waals surface area contributed by atoms with Gasteiger partial charge in [0.25, 0.3) is 0 Å². The largest absolute Gasteiger partial charge is 0.444 e. The number of benzene rings is 1. The Kier molecular flexibility index (Phi) is 7.61. The number of carbonyl (C=O) groups excluding carboxylic acids is 3. The van der Waals surface area contributed by atoms with Gasteiger partial charge in [-0.05, 0) is 51.6 Å². The van der Waals surface area contributed by atoms with Crippen molar-refractivity contribution in [3.8, 4) is 0 Å². The van der Waals surface area contributed by atoms with Crippen LogP contribution in [0.2, 0.25) is 0 Å². The van der Waals surface area contributed by atoms with Gasteiger partial charge >= 0.3 is 12.1 Å². The molecule has 1 heterocycles. The normalized spacial score (nSPS) is 18.6. The van der Waals surface area contributed by atoms with Gasteiger partial charge < -0.3 is 15.4 Å². The SMILES string of the molecule is CN(CC1CCCN(C(C(=O)NC(N)=O)c2ccccc2)C1)C(=O)OC(C)(C)C. The third-order valence-electron chi connectivity index (χ3n) is 4.76. The quantitative estimate of drug-likeness (QED) is 0.784. The van der Waals surface area contributed by atoms with Crippen molar-refractivity contribution in [1.29, 1.82) is 0 Å². The molecular weight excluding hydrogens is 372 g/mol.